The number of aromatic nitrogens is 1. The van der Waals surface area contributed by atoms with E-state index in [0.717, 1.165) is 22.2 Å². The van der Waals surface area contributed by atoms with Crippen molar-refractivity contribution >= 4 is 16.9 Å². The van der Waals surface area contributed by atoms with Crippen LogP contribution >= 0.6 is 0 Å². The summed E-state index contributed by atoms with van der Waals surface area (Å²) in [6.07, 6.45) is -0.612. The number of carboxylic acid groups (broad SMARTS) is 1. The molecule has 102 valence electrons. The minimum absolute atomic E-state index is 0.298. The van der Waals surface area contributed by atoms with E-state index >= 15 is 0 Å². The zero-order valence-electron chi connectivity index (χ0n) is 11.7. The molecule has 0 aliphatic heterocycles. The van der Waals surface area contributed by atoms with Gasteiger partial charge in [-0.05, 0) is 45.4 Å². The van der Waals surface area contributed by atoms with E-state index in [-0.39, 0.29) is 0 Å². The van der Waals surface area contributed by atoms with Crippen molar-refractivity contribution in [1.82, 2.24) is 4.57 Å². The molecule has 1 aromatic heterocycles. The lowest BCUT2D eigenvalue weighted by atomic mass is 10.0. The Morgan fingerprint density at radius 2 is 2.00 bits per heavy atom. The Kier molecular flexibility index (Phi) is 3.37. The van der Waals surface area contributed by atoms with Crippen LogP contribution in [0.25, 0.3) is 10.9 Å². The molecule has 1 heterocycles. The Balaban J connectivity index is 3.01. The number of fused-ring (bicyclic) bond motifs is 1. The number of aromatic carboxylic acids is 1. The highest BCUT2D eigenvalue weighted by Gasteiger charge is 2.21. The van der Waals surface area contributed by atoms with E-state index in [2.05, 4.69) is 0 Å². The highest BCUT2D eigenvalue weighted by molar-refractivity contribution is 6.04. The summed E-state index contributed by atoms with van der Waals surface area (Å²) in [5.41, 5.74) is 3.64. The Bertz CT molecular complexity index is 653. The average Bonchev–Trinajstić information content (AvgIpc) is 2.59. The number of benzene rings is 1. The number of nitrogens with zero attached hydrogens (tertiary/aromatic N) is 1. The molecule has 0 spiro atoms. The van der Waals surface area contributed by atoms with Crippen LogP contribution in [-0.2, 0) is 6.54 Å². The fraction of sp³-hybridized carbons (Fsp3) is 0.400. The SMILES string of the molecule is CCn1c(C)c(C(C)O)c2cc(C)cc(C(=O)O)c21. The van der Waals surface area contributed by atoms with Crippen molar-refractivity contribution in [2.24, 2.45) is 0 Å². The number of carbonyl (C=O) groups is 1. The number of rotatable bonds is 3. The van der Waals surface area contributed by atoms with Gasteiger partial charge in [0.25, 0.3) is 0 Å². The molecule has 0 bridgehead atoms. The second kappa shape index (κ2) is 4.70. The summed E-state index contributed by atoms with van der Waals surface area (Å²) in [5.74, 6) is -0.932. The normalized spacial score (nSPS) is 12.9. The fourth-order valence-electron chi connectivity index (χ4n) is 2.87. The lowest BCUT2D eigenvalue weighted by molar-refractivity contribution is 0.0698. The van der Waals surface area contributed by atoms with Crippen LogP contribution in [0, 0.1) is 13.8 Å². The third-order valence-corrected chi connectivity index (χ3v) is 3.57. The molecule has 0 amide bonds. The zero-order chi connectivity index (χ0) is 14.3. The number of hydrogen-bond donors (Lipinski definition) is 2. The maximum atomic E-state index is 11.4. The summed E-state index contributed by atoms with van der Waals surface area (Å²) in [7, 11) is 0. The lowest BCUT2D eigenvalue weighted by Gasteiger charge is -2.07. The van der Waals surface area contributed by atoms with Crippen molar-refractivity contribution < 1.29 is 15.0 Å². The molecule has 0 aliphatic carbocycles. The zero-order valence-corrected chi connectivity index (χ0v) is 11.7. The molecule has 19 heavy (non-hydrogen) atoms. The van der Waals surface area contributed by atoms with Gasteiger partial charge in [-0.2, -0.15) is 0 Å². The van der Waals surface area contributed by atoms with Crippen LogP contribution in [0.5, 0.6) is 0 Å². The predicted molar refractivity (Wildman–Crippen MR) is 74.7 cm³/mol. The summed E-state index contributed by atoms with van der Waals surface area (Å²) in [6, 6.07) is 3.63. The lowest BCUT2D eigenvalue weighted by Crippen LogP contribution is -2.04. The van der Waals surface area contributed by atoms with E-state index in [0.29, 0.717) is 17.6 Å². The van der Waals surface area contributed by atoms with E-state index < -0.39 is 12.1 Å². The second-order valence-corrected chi connectivity index (χ2v) is 4.93. The van der Waals surface area contributed by atoms with Crippen LogP contribution in [0.3, 0.4) is 0 Å². The Morgan fingerprint density at radius 3 is 2.47 bits per heavy atom. The molecule has 1 unspecified atom stereocenters. The Labute approximate surface area is 112 Å². The number of hydrogen-bond acceptors (Lipinski definition) is 2. The van der Waals surface area contributed by atoms with E-state index in [4.69, 9.17) is 0 Å². The number of carboxylic acids is 1. The molecule has 1 atom stereocenters. The highest BCUT2D eigenvalue weighted by Crippen LogP contribution is 2.33. The van der Waals surface area contributed by atoms with Crippen LogP contribution in [-0.4, -0.2) is 20.7 Å². The van der Waals surface area contributed by atoms with Crippen molar-refractivity contribution in [2.45, 2.75) is 40.3 Å². The fourth-order valence-corrected chi connectivity index (χ4v) is 2.87. The summed E-state index contributed by atoms with van der Waals surface area (Å²) in [4.78, 5) is 11.4. The third-order valence-electron chi connectivity index (χ3n) is 3.57. The first-order valence-corrected chi connectivity index (χ1v) is 6.43. The number of aliphatic hydroxyl groups is 1. The minimum Gasteiger partial charge on any atom is -0.478 e. The van der Waals surface area contributed by atoms with Gasteiger partial charge in [0.2, 0.25) is 0 Å². The van der Waals surface area contributed by atoms with E-state index in [9.17, 15) is 15.0 Å². The molecular formula is C15H19NO3. The van der Waals surface area contributed by atoms with Gasteiger partial charge in [-0.15, -0.1) is 0 Å². The quantitative estimate of drug-likeness (QED) is 0.892. The van der Waals surface area contributed by atoms with Crippen LogP contribution in [0.15, 0.2) is 12.1 Å². The molecule has 4 heteroatoms. The van der Waals surface area contributed by atoms with Crippen molar-refractivity contribution in [3.8, 4) is 0 Å². The first kappa shape index (κ1) is 13.6. The van der Waals surface area contributed by atoms with Gasteiger partial charge < -0.3 is 14.8 Å². The van der Waals surface area contributed by atoms with Gasteiger partial charge in [0.15, 0.2) is 0 Å². The molecule has 1 aromatic carbocycles. The largest absolute Gasteiger partial charge is 0.478 e. The molecule has 2 N–H and O–H groups in total. The van der Waals surface area contributed by atoms with Gasteiger partial charge >= 0.3 is 5.97 Å². The standard InChI is InChI=1S/C15H19NO3/c1-5-16-9(3)13(10(4)17)11-6-8(2)7-12(14(11)16)15(18)19/h6-7,10,17H,5H2,1-4H3,(H,18,19). The van der Waals surface area contributed by atoms with Crippen molar-refractivity contribution in [1.29, 1.82) is 0 Å². The van der Waals surface area contributed by atoms with E-state index in [1.54, 1.807) is 13.0 Å². The summed E-state index contributed by atoms with van der Waals surface area (Å²) >= 11 is 0. The van der Waals surface area contributed by atoms with Gasteiger partial charge in [0.1, 0.15) is 0 Å². The van der Waals surface area contributed by atoms with Gasteiger partial charge in [-0.25, -0.2) is 4.79 Å². The van der Waals surface area contributed by atoms with E-state index in [1.165, 1.54) is 0 Å². The van der Waals surface area contributed by atoms with Gasteiger partial charge in [-0.1, -0.05) is 0 Å². The van der Waals surface area contributed by atoms with Gasteiger partial charge in [0, 0.05) is 23.2 Å². The van der Waals surface area contributed by atoms with Crippen molar-refractivity contribution in [2.75, 3.05) is 0 Å². The molecule has 0 fully saturated rings. The smallest absolute Gasteiger partial charge is 0.337 e. The van der Waals surface area contributed by atoms with Crippen LogP contribution in [0.1, 0.15) is 47.1 Å². The van der Waals surface area contributed by atoms with Crippen molar-refractivity contribution in [3.05, 3.63) is 34.5 Å². The second-order valence-electron chi connectivity index (χ2n) is 4.93. The van der Waals surface area contributed by atoms with E-state index in [1.807, 2.05) is 31.4 Å². The topological polar surface area (TPSA) is 62.5 Å². The minimum atomic E-state index is -0.932. The maximum Gasteiger partial charge on any atom is 0.337 e. The van der Waals surface area contributed by atoms with Crippen LogP contribution in [0.4, 0.5) is 0 Å². The molecule has 2 rings (SSSR count). The van der Waals surface area contributed by atoms with Crippen LogP contribution < -0.4 is 0 Å². The van der Waals surface area contributed by atoms with Gasteiger partial charge in [-0.3, -0.25) is 0 Å². The first-order chi connectivity index (χ1) is 8.88. The monoisotopic (exact) mass is 261 g/mol. The molecule has 0 aliphatic rings. The van der Waals surface area contributed by atoms with Gasteiger partial charge in [0.05, 0.1) is 17.2 Å². The molecule has 4 nitrogen and oxygen atoms in total. The molecule has 0 saturated heterocycles. The highest BCUT2D eigenvalue weighted by atomic mass is 16.4. The molecule has 0 radical (unpaired) electrons. The average molecular weight is 261 g/mol. The summed E-state index contributed by atoms with van der Waals surface area (Å²) < 4.78 is 1.96. The van der Waals surface area contributed by atoms with Crippen molar-refractivity contribution in [3.63, 3.8) is 0 Å². The maximum absolute atomic E-state index is 11.4. The molecular weight excluding hydrogens is 242 g/mol. The summed E-state index contributed by atoms with van der Waals surface area (Å²) in [6.45, 7) is 8.16. The summed E-state index contributed by atoms with van der Waals surface area (Å²) in [5, 5.41) is 20.2. The third kappa shape index (κ3) is 2.02. The Morgan fingerprint density at radius 1 is 1.37 bits per heavy atom. The van der Waals surface area contributed by atoms with Crippen LogP contribution in [0.2, 0.25) is 0 Å². The Hall–Kier alpha value is -1.81. The number of aliphatic hydroxyl groups excluding tert-OH is 1. The predicted octanol–water partition coefficient (Wildman–Crippen LogP) is 3.03. The first-order valence-electron chi connectivity index (χ1n) is 6.43. The number of aryl methyl sites for hydroxylation is 2. The molecule has 2 aromatic rings. The molecule has 0 saturated carbocycles.